The summed E-state index contributed by atoms with van der Waals surface area (Å²) in [6.07, 6.45) is 6.16. The first-order chi connectivity index (χ1) is 14.8. The van der Waals surface area contributed by atoms with Crippen LogP contribution in [0, 0.1) is 13.8 Å². The molecule has 4 heterocycles. The number of aromatic nitrogens is 3. The van der Waals surface area contributed by atoms with Crippen molar-refractivity contribution >= 4 is 53.9 Å². The number of aryl methyl sites for hydroxylation is 2. The molecule has 0 saturated carbocycles. The Labute approximate surface area is 190 Å². The summed E-state index contributed by atoms with van der Waals surface area (Å²) in [6.45, 7) is 6.83. The second kappa shape index (κ2) is 8.81. The summed E-state index contributed by atoms with van der Waals surface area (Å²) in [5, 5.41) is 5.88. The molecule has 0 spiro atoms. The van der Waals surface area contributed by atoms with Gasteiger partial charge in [-0.1, -0.05) is 23.0 Å². The van der Waals surface area contributed by atoms with Crippen LogP contribution in [-0.2, 0) is 10.0 Å². The predicted octanol–water partition coefficient (Wildman–Crippen LogP) is 3.95. The van der Waals surface area contributed by atoms with E-state index < -0.39 is 10.0 Å². The second-order valence-electron chi connectivity index (χ2n) is 7.79. The molecule has 1 aliphatic heterocycles. The molecule has 8 nitrogen and oxygen atoms in total. The highest BCUT2D eigenvalue weighted by molar-refractivity contribution is 7.91. The van der Waals surface area contributed by atoms with E-state index in [4.69, 9.17) is 5.73 Å². The Morgan fingerprint density at radius 2 is 2.03 bits per heavy atom. The van der Waals surface area contributed by atoms with Crippen LogP contribution in [0.1, 0.15) is 37.4 Å². The molecule has 3 aromatic rings. The summed E-state index contributed by atoms with van der Waals surface area (Å²) >= 11 is 2.69. The quantitative estimate of drug-likeness (QED) is 0.516. The Morgan fingerprint density at radius 1 is 1.29 bits per heavy atom. The molecule has 0 unspecified atom stereocenters. The summed E-state index contributed by atoms with van der Waals surface area (Å²) in [6, 6.07) is 0.206. The van der Waals surface area contributed by atoms with E-state index in [9.17, 15) is 8.42 Å². The van der Waals surface area contributed by atoms with E-state index in [0.29, 0.717) is 18.8 Å². The van der Waals surface area contributed by atoms with E-state index >= 15 is 0 Å². The molecule has 166 valence electrons. The zero-order valence-corrected chi connectivity index (χ0v) is 20.2. The lowest BCUT2D eigenvalue weighted by molar-refractivity contribution is 0.387. The Bertz CT molecular complexity index is 1220. The molecule has 31 heavy (non-hydrogen) atoms. The zero-order valence-electron chi connectivity index (χ0n) is 17.8. The molecule has 1 fully saturated rings. The molecular weight excluding hydrogens is 452 g/mol. The van der Waals surface area contributed by atoms with Crippen LogP contribution in [0.4, 0.5) is 10.9 Å². The van der Waals surface area contributed by atoms with Gasteiger partial charge in [-0.25, -0.2) is 23.4 Å². The van der Waals surface area contributed by atoms with Crippen LogP contribution < -0.4 is 11.1 Å². The van der Waals surface area contributed by atoms with Gasteiger partial charge in [0, 0.05) is 19.1 Å². The molecule has 1 saturated heterocycles. The van der Waals surface area contributed by atoms with E-state index in [0.717, 1.165) is 52.2 Å². The van der Waals surface area contributed by atoms with Gasteiger partial charge in [0.05, 0.1) is 15.9 Å². The van der Waals surface area contributed by atoms with Crippen molar-refractivity contribution in [3.63, 3.8) is 0 Å². The maximum Gasteiger partial charge on any atom is 0.254 e. The summed E-state index contributed by atoms with van der Waals surface area (Å²) in [5.41, 5.74) is 9.62. The van der Waals surface area contributed by atoms with Gasteiger partial charge in [-0.2, -0.15) is 4.31 Å². The number of nitrogen functional groups attached to an aromatic ring is 1. The van der Waals surface area contributed by atoms with E-state index in [1.165, 1.54) is 5.57 Å². The van der Waals surface area contributed by atoms with E-state index in [1.807, 2.05) is 0 Å². The molecule has 1 atom stereocenters. The van der Waals surface area contributed by atoms with Gasteiger partial charge in [0.25, 0.3) is 10.0 Å². The fraction of sp³-hybridized carbons (Fsp3) is 0.450. The van der Waals surface area contributed by atoms with Crippen LogP contribution >= 0.6 is 22.7 Å². The Morgan fingerprint density at radius 3 is 2.71 bits per heavy atom. The minimum absolute atomic E-state index is 0.206. The number of nitrogens with two attached hydrogens (primary N) is 1. The monoisotopic (exact) mass is 478 g/mol. The molecular formula is C20H26N6O2S3. The smallest absolute Gasteiger partial charge is 0.254 e. The van der Waals surface area contributed by atoms with Crippen molar-refractivity contribution in [3.05, 3.63) is 34.6 Å². The number of hydrogen-bond acceptors (Lipinski definition) is 9. The van der Waals surface area contributed by atoms with E-state index in [1.54, 1.807) is 28.9 Å². The molecule has 0 bridgehead atoms. The average molecular weight is 479 g/mol. The molecule has 0 aliphatic carbocycles. The lowest BCUT2D eigenvalue weighted by Crippen LogP contribution is -2.36. The zero-order chi connectivity index (χ0) is 22.2. The number of thiophene rings is 1. The fourth-order valence-electron chi connectivity index (χ4n) is 3.69. The SMILES string of the molecule is Cc1nc(N)sc1S(=O)(=O)N1CCC(=CC[C@H](C)Nc2ncnc3c(C)csc23)CC1. The largest absolute Gasteiger partial charge is 0.375 e. The number of nitrogens with zero attached hydrogens (tertiary/aromatic N) is 4. The number of rotatable bonds is 6. The third-order valence-corrected chi connectivity index (χ3v) is 9.95. The van der Waals surface area contributed by atoms with Crippen LogP contribution in [0.25, 0.3) is 10.2 Å². The van der Waals surface area contributed by atoms with E-state index in [-0.39, 0.29) is 15.4 Å². The number of thiazole rings is 1. The number of hydrogen-bond donors (Lipinski definition) is 2. The molecule has 3 aromatic heterocycles. The fourth-order valence-corrected chi connectivity index (χ4v) is 7.52. The first-order valence-corrected chi connectivity index (χ1v) is 13.3. The summed E-state index contributed by atoms with van der Waals surface area (Å²) < 4.78 is 28.7. The molecule has 0 radical (unpaired) electrons. The van der Waals surface area contributed by atoms with Crippen LogP contribution in [0.5, 0.6) is 0 Å². The highest BCUT2D eigenvalue weighted by atomic mass is 32.2. The van der Waals surface area contributed by atoms with Crippen molar-refractivity contribution in [2.45, 2.75) is 50.3 Å². The Hall–Kier alpha value is -2.08. The van der Waals surface area contributed by atoms with Gasteiger partial charge >= 0.3 is 0 Å². The number of sulfonamides is 1. The van der Waals surface area contributed by atoms with Crippen molar-refractivity contribution < 1.29 is 8.42 Å². The molecule has 0 aromatic carbocycles. The lowest BCUT2D eigenvalue weighted by atomic mass is 10.0. The molecule has 1 aliphatic rings. The number of anilines is 2. The summed E-state index contributed by atoms with van der Waals surface area (Å²) in [5.74, 6) is 0.870. The first-order valence-electron chi connectivity index (χ1n) is 10.1. The molecule has 4 rings (SSSR count). The van der Waals surface area contributed by atoms with Crippen LogP contribution in [0.3, 0.4) is 0 Å². The standard InChI is InChI=1S/C20H26N6O2S3/c1-12-10-29-17-16(12)22-11-23-18(17)24-13(2)4-5-15-6-8-26(9-7-15)31(27,28)19-14(3)25-20(21)30-19/h5,10-11,13H,4,6-9H2,1-3H3,(H2,21,25)(H,22,23,24)/t13-/m0/s1. The second-order valence-corrected chi connectivity index (χ2v) is 11.8. The van der Waals surface area contributed by atoms with Crippen LogP contribution in [-0.4, -0.2) is 46.8 Å². The highest BCUT2D eigenvalue weighted by Crippen LogP contribution is 2.31. The van der Waals surface area contributed by atoms with Gasteiger partial charge < -0.3 is 11.1 Å². The first kappa shape index (κ1) is 22.1. The summed E-state index contributed by atoms with van der Waals surface area (Å²) in [7, 11) is -3.53. The minimum atomic E-state index is -3.53. The molecule has 11 heteroatoms. The van der Waals surface area contributed by atoms with E-state index in [2.05, 4.69) is 45.6 Å². The third kappa shape index (κ3) is 4.59. The molecule has 0 amide bonds. The number of fused-ring (bicyclic) bond motifs is 1. The van der Waals surface area contributed by atoms with Gasteiger partial charge in [-0.15, -0.1) is 11.3 Å². The van der Waals surface area contributed by atoms with Crippen molar-refractivity contribution in [2.75, 3.05) is 24.1 Å². The number of piperidine rings is 1. The van der Waals surface area contributed by atoms with Gasteiger partial charge in [0.1, 0.15) is 12.1 Å². The van der Waals surface area contributed by atoms with Gasteiger partial charge in [-0.05, 0) is 51.0 Å². The van der Waals surface area contributed by atoms with Crippen molar-refractivity contribution in [1.82, 2.24) is 19.3 Å². The van der Waals surface area contributed by atoms with Gasteiger partial charge in [-0.3, -0.25) is 0 Å². The lowest BCUT2D eigenvalue weighted by Gasteiger charge is -2.27. The molecule has 3 N–H and O–H groups in total. The van der Waals surface area contributed by atoms with Crippen molar-refractivity contribution in [2.24, 2.45) is 0 Å². The topological polar surface area (TPSA) is 114 Å². The minimum Gasteiger partial charge on any atom is -0.375 e. The van der Waals surface area contributed by atoms with Crippen LogP contribution in [0.15, 0.2) is 27.6 Å². The van der Waals surface area contributed by atoms with Crippen LogP contribution in [0.2, 0.25) is 0 Å². The number of nitrogens with one attached hydrogen (secondary N) is 1. The van der Waals surface area contributed by atoms with Gasteiger partial charge in [0.15, 0.2) is 9.34 Å². The third-order valence-electron chi connectivity index (χ3n) is 5.38. The van der Waals surface area contributed by atoms with Gasteiger partial charge in [0.2, 0.25) is 0 Å². The Balaban J connectivity index is 1.35. The van der Waals surface area contributed by atoms with Crippen molar-refractivity contribution in [1.29, 1.82) is 0 Å². The Kier molecular flexibility index (Phi) is 6.29. The van der Waals surface area contributed by atoms with Crippen molar-refractivity contribution in [3.8, 4) is 0 Å². The highest BCUT2D eigenvalue weighted by Gasteiger charge is 2.30. The normalized spacial score (nSPS) is 16.5. The summed E-state index contributed by atoms with van der Waals surface area (Å²) in [4.78, 5) is 12.8. The average Bonchev–Trinajstić information content (AvgIpc) is 3.29. The maximum atomic E-state index is 12.9. The maximum absolute atomic E-state index is 12.9. The predicted molar refractivity (Wildman–Crippen MR) is 127 cm³/mol.